The fourth-order valence-corrected chi connectivity index (χ4v) is 4.82. The molecule has 2 amide bonds. The average molecular weight is 572 g/mol. The number of amides is 2. The first-order valence-corrected chi connectivity index (χ1v) is 13.4. The van der Waals surface area contributed by atoms with Crippen LogP contribution < -0.4 is 9.62 Å². The van der Waals surface area contributed by atoms with Gasteiger partial charge in [-0.05, 0) is 43.2 Å². The Hall–Kier alpha value is -2.50. The van der Waals surface area contributed by atoms with Gasteiger partial charge in [-0.15, -0.1) is 0 Å². The van der Waals surface area contributed by atoms with Crippen molar-refractivity contribution in [2.24, 2.45) is 0 Å². The van der Waals surface area contributed by atoms with E-state index in [0.717, 1.165) is 37.6 Å². The lowest BCUT2D eigenvalue weighted by atomic mass is 10.1. The highest BCUT2D eigenvalue weighted by atomic mass is 79.9. The lowest BCUT2D eigenvalue weighted by Gasteiger charge is -2.33. The van der Waals surface area contributed by atoms with E-state index in [4.69, 9.17) is 0 Å². The molecule has 0 aliphatic rings. The maximum absolute atomic E-state index is 14.6. The molecule has 8 nitrogen and oxygen atoms in total. The van der Waals surface area contributed by atoms with E-state index in [2.05, 4.69) is 21.2 Å². The van der Waals surface area contributed by atoms with Gasteiger partial charge in [0.2, 0.25) is 11.8 Å². The van der Waals surface area contributed by atoms with Crippen LogP contribution in [-0.4, -0.2) is 62.7 Å². The summed E-state index contributed by atoms with van der Waals surface area (Å²) in [6, 6.07) is 11.7. The van der Waals surface area contributed by atoms with Crippen molar-refractivity contribution in [1.29, 1.82) is 0 Å². The zero-order chi connectivity index (χ0) is 26.2. The van der Waals surface area contributed by atoms with Gasteiger partial charge in [-0.1, -0.05) is 53.5 Å². The lowest BCUT2D eigenvalue weighted by Crippen LogP contribution is -2.52. The summed E-state index contributed by atoms with van der Waals surface area (Å²) >= 11 is 3.40. The quantitative estimate of drug-likeness (QED) is 0.395. The molecule has 0 saturated heterocycles. The minimum absolute atomic E-state index is 0.0633. The van der Waals surface area contributed by atoms with Crippen molar-refractivity contribution in [2.45, 2.75) is 39.3 Å². The van der Waals surface area contributed by atoms with Gasteiger partial charge in [-0.3, -0.25) is 9.59 Å². The molecule has 0 aromatic heterocycles. The van der Waals surface area contributed by atoms with Gasteiger partial charge in [-0.25, -0.2) is 8.70 Å². The van der Waals surface area contributed by atoms with Crippen LogP contribution in [0.4, 0.5) is 10.1 Å². The van der Waals surface area contributed by atoms with E-state index in [0.29, 0.717) is 6.54 Å². The average Bonchev–Trinajstić information content (AvgIpc) is 2.81. The van der Waals surface area contributed by atoms with Crippen molar-refractivity contribution >= 4 is 43.6 Å². The predicted octanol–water partition coefficient (Wildman–Crippen LogP) is 3.53. The first kappa shape index (κ1) is 28.7. The molecule has 0 bridgehead atoms. The van der Waals surface area contributed by atoms with Gasteiger partial charge in [0.15, 0.2) is 0 Å². The van der Waals surface area contributed by atoms with Crippen molar-refractivity contribution in [1.82, 2.24) is 14.5 Å². The van der Waals surface area contributed by atoms with Crippen LogP contribution in [0, 0.1) is 5.82 Å². The molecule has 0 radical (unpaired) electrons. The molecule has 1 atom stereocenters. The van der Waals surface area contributed by atoms with Crippen LogP contribution in [0.1, 0.15) is 32.3 Å². The number of halogens is 2. The molecule has 0 aliphatic heterocycles. The zero-order valence-corrected chi connectivity index (χ0v) is 22.8. The minimum Gasteiger partial charge on any atom is -0.354 e. The van der Waals surface area contributed by atoms with Gasteiger partial charge in [0.25, 0.3) is 0 Å². The normalized spacial score (nSPS) is 12.3. The molecule has 2 rings (SSSR count). The number of anilines is 1. The highest BCUT2D eigenvalue weighted by molar-refractivity contribution is 9.10. The van der Waals surface area contributed by atoms with Crippen molar-refractivity contribution in [2.75, 3.05) is 31.5 Å². The summed E-state index contributed by atoms with van der Waals surface area (Å²) in [6.45, 7) is 3.44. The third-order valence-electron chi connectivity index (χ3n) is 5.38. The summed E-state index contributed by atoms with van der Waals surface area (Å²) in [5, 5.41) is 2.82. The van der Waals surface area contributed by atoms with Crippen molar-refractivity contribution in [3.63, 3.8) is 0 Å². The Kier molecular flexibility index (Phi) is 10.7. The standard InChI is InChI=1S/C24H32BrFN4O4S/c1-5-6-14-27-24(32)18(2)29(16-19-10-9-11-20(25)15-19)23(31)17-30(35(33,34)28(3)4)22-13-8-7-12-21(22)26/h7-13,15,18H,5-6,14,16-17H2,1-4H3,(H,27,32)/t18-/m1/s1. The fraction of sp³-hybridized carbons (Fsp3) is 0.417. The maximum atomic E-state index is 14.6. The van der Waals surface area contributed by atoms with Crippen LogP contribution in [0.15, 0.2) is 53.0 Å². The molecule has 0 heterocycles. The van der Waals surface area contributed by atoms with Gasteiger partial charge in [0.05, 0.1) is 5.69 Å². The van der Waals surface area contributed by atoms with E-state index >= 15 is 0 Å². The largest absolute Gasteiger partial charge is 0.354 e. The highest BCUT2D eigenvalue weighted by Gasteiger charge is 2.33. The van der Waals surface area contributed by atoms with Crippen LogP contribution in [0.3, 0.4) is 0 Å². The fourth-order valence-electron chi connectivity index (χ4n) is 3.31. The molecule has 0 fully saturated rings. The Balaban J connectivity index is 2.43. The van der Waals surface area contributed by atoms with Gasteiger partial charge in [-0.2, -0.15) is 12.7 Å². The van der Waals surface area contributed by atoms with Gasteiger partial charge >= 0.3 is 10.2 Å². The van der Waals surface area contributed by atoms with E-state index in [-0.39, 0.29) is 18.1 Å². The zero-order valence-electron chi connectivity index (χ0n) is 20.4. The predicted molar refractivity (Wildman–Crippen MR) is 138 cm³/mol. The molecule has 2 aromatic rings. The maximum Gasteiger partial charge on any atom is 0.304 e. The second-order valence-electron chi connectivity index (χ2n) is 8.22. The van der Waals surface area contributed by atoms with Crippen LogP contribution in [-0.2, 0) is 26.3 Å². The number of rotatable bonds is 12. The van der Waals surface area contributed by atoms with E-state index in [1.54, 1.807) is 19.1 Å². The summed E-state index contributed by atoms with van der Waals surface area (Å²) in [4.78, 5) is 27.7. The molecule has 192 valence electrons. The number of nitrogens with zero attached hydrogens (tertiary/aromatic N) is 3. The van der Waals surface area contributed by atoms with E-state index in [1.165, 1.54) is 37.2 Å². The smallest absolute Gasteiger partial charge is 0.304 e. The van der Waals surface area contributed by atoms with Crippen molar-refractivity contribution in [3.05, 3.63) is 64.4 Å². The van der Waals surface area contributed by atoms with Crippen LogP contribution >= 0.6 is 15.9 Å². The molecule has 35 heavy (non-hydrogen) atoms. The van der Waals surface area contributed by atoms with Gasteiger partial charge in [0, 0.05) is 31.7 Å². The number of carbonyl (C=O) groups is 2. The number of para-hydroxylation sites is 1. The topological polar surface area (TPSA) is 90.0 Å². The second-order valence-corrected chi connectivity index (χ2v) is 11.2. The number of benzene rings is 2. The van der Waals surface area contributed by atoms with Crippen LogP contribution in [0.5, 0.6) is 0 Å². The highest BCUT2D eigenvalue weighted by Crippen LogP contribution is 2.24. The first-order valence-electron chi connectivity index (χ1n) is 11.2. The molecule has 0 unspecified atom stereocenters. The molecule has 11 heteroatoms. The summed E-state index contributed by atoms with van der Waals surface area (Å²) in [6.07, 6.45) is 1.69. The molecular weight excluding hydrogens is 539 g/mol. The monoisotopic (exact) mass is 570 g/mol. The second kappa shape index (κ2) is 13.0. The number of nitrogens with one attached hydrogen (secondary N) is 1. The van der Waals surface area contributed by atoms with Gasteiger partial charge < -0.3 is 10.2 Å². The molecule has 0 saturated carbocycles. The number of carbonyl (C=O) groups excluding carboxylic acids is 2. The Morgan fingerprint density at radius 1 is 1.11 bits per heavy atom. The third kappa shape index (κ3) is 7.74. The van der Waals surface area contributed by atoms with E-state index in [9.17, 15) is 22.4 Å². The SMILES string of the molecule is CCCCNC(=O)[C@@H](C)N(Cc1cccc(Br)c1)C(=O)CN(c1ccccc1F)S(=O)(=O)N(C)C. The van der Waals surface area contributed by atoms with E-state index < -0.39 is 34.5 Å². The molecular formula is C24H32BrFN4O4S. The number of unbranched alkanes of at least 4 members (excludes halogenated alkanes) is 1. The minimum atomic E-state index is -4.22. The third-order valence-corrected chi connectivity index (χ3v) is 7.68. The number of hydrogen-bond acceptors (Lipinski definition) is 4. The van der Waals surface area contributed by atoms with Crippen molar-refractivity contribution in [3.8, 4) is 0 Å². The molecule has 0 aliphatic carbocycles. The summed E-state index contributed by atoms with van der Waals surface area (Å²) in [5.74, 6) is -1.78. The van der Waals surface area contributed by atoms with Crippen LogP contribution in [0.25, 0.3) is 0 Å². The Morgan fingerprint density at radius 3 is 2.40 bits per heavy atom. The summed E-state index contributed by atoms with van der Waals surface area (Å²) in [7, 11) is -1.61. The summed E-state index contributed by atoms with van der Waals surface area (Å²) in [5.41, 5.74) is 0.492. The Bertz CT molecular complexity index is 1130. The van der Waals surface area contributed by atoms with Crippen LogP contribution in [0.2, 0.25) is 0 Å². The first-order chi connectivity index (χ1) is 16.5. The lowest BCUT2D eigenvalue weighted by molar-refractivity contribution is -0.139. The molecule has 0 spiro atoms. The molecule has 1 N–H and O–H groups in total. The van der Waals surface area contributed by atoms with Crippen molar-refractivity contribution < 1.29 is 22.4 Å². The Morgan fingerprint density at radius 2 is 1.80 bits per heavy atom. The summed E-state index contributed by atoms with van der Waals surface area (Å²) < 4.78 is 43.1. The molecule has 2 aromatic carbocycles. The van der Waals surface area contributed by atoms with E-state index in [1.807, 2.05) is 19.1 Å². The van der Waals surface area contributed by atoms with Gasteiger partial charge in [0.1, 0.15) is 18.4 Å². The number of hydrogen-bond donors (Lipinski definition) is 1. The Labute approximate surface area is 215 Å².